The molecular formula is C13H23N3O2S2. The molecule has 1 rings (SSSR count). The van der Waals surface area contributed by atoms with E-state index < -0.39 is 0 Å². The van der Waals surface area contributed by atoms with Gasteiger partial charge >= 0.3 is 0 Å². The molecule has 0 radical (unpaired) electrons. The Morgan fingerprint density at radius 1 is 1.40 bits per heavy atom. The molecule has 1 aromatic rings. The number of rotatable bonds is 9. The number of hydrogen-bond donors (Lipinski definition) is 3. The zero-order valence-electron chi connectivity index (χ0n) is 12.2. The molecule has 0 unspecified atom stereocenters. The minimum absolute atomic E-state index is 0.0949. The van der Waals surface area contributed by atoms with Gasteiger partial charge in [0, 0.05) is 19.7 Å². The predicted octanol–water partition coefficient (Wildman–Crippen LogP) is 2.64. The van der Waals surface area contributed by atoms with Crippen LogP contribution in [0.3, 0.4) is 0 Å². The fraction of sp³-hybridized carbons (Fsp3) is 0.615. The van der Waals surface area contributed by atoms with Gasteiger partial charge < -0.3 is 21.1 Å². The van der Waals surface area contributed by atoms with Crippen molar-refractivity contribution >= 4 is 39.7 Å². The molecule has 0 fully saturated rings. The van der Waals surface area contributed by atoms with Gasteiger partial charge in [-0.25, -0.2) is 0 Å². The summed E-state index contributed by atoms with van der Waals surface area (Å²) < 4.78 is 5.29. The molecule has 0 aliphatic rings. The maximum Gasteiger partial charge on any atom is 0.263 e. The maximum atomic E-state index is 12.0. The van der Waals surface area contributed by atoms with Crippen LogP contribution in [-0.4, -0.2) is 38.5 Å². The Hall–Kier alpha value is -0.920. The number of amides is 1. The van der Waals surface area contributed by atoms with Crippen LogP contribution in [0.25, 0.3) is 0 Å². The van der Waals surface area contributed by atoms with Crippen molar-refractivity contribution < 1.29 is 9.53 Å². The quantitative estimate of drug-likeness (QED) is 0.482. The highest BCUT2D eigenvalue weighted by Gasteiger charge is 2.20. The number of nitrogen functional groups attached to an aromatic ring is 1. The van der Waals surface area contributed by atoms with Crippen LogP contribution in [0.1, 0.15) is 29.9 Å². The number of thioether (sulfide) groups is 1. The van der Waals surface area contributed by atoms with Crippen LogP contribution in [0, 0.1) is 0 Å². The van der Waals surface area contributed by atoms with Gasteiger partial charge in [0.1, 0.15) is 9.88 Å². The van der Waals surface area contributed by atoms with Crippen LogP contribution < -0.4 is 16.4 Å². The van der Waals surface area contributed by atoms with Crippen molar-refractivity contribution in [2.75, 3.05) is 43.6 Å². The molecule has 5 nitrogen and oxygen atoms in total. The van der Waals surface area contributed by atoms with Gasteiger partial charge in [-0.05, 0) is 19.6 Å². The fourth-order valence-corrected chi connectivity index (χ4v) is 3.59. The fourth-order valence-electron chi connectivity index (χ4n) is 1.62. The summed E-state index contributed by atoms with van der Waals surface area (Å²) in [4.78, 5) is 13.6. The van der Waals surface area contributed by atoms with Crippen LogP contribution in [0.5, 0.6) is 0 Å². The van der Waals surface area contributed by atoms with E-state index in [-0.39, 0.29) is 5.91 Å². The van der Waals surface area contributed by atoms with Crippen molar-refractivity contribution in [1.82, 2.24) is 5.32 Å². The zero-order chi connectivity index (χ0) is 15.0. The van der Waals surface area contributed by atoms with Crippen LogP contribution in [0.15, 0.2) is 4.90 Å². The lowest BCUT2D eigenvalue weighted by molar-refractivity contribution is 0.0958. The van der Waals surface area contributed by atoms with Crippen molar-refractivity contribution in [1.29, 1.82) is 0 Å². The Morgan fingerprint density at radius 2 is 2.15 bits per heavy atom. The lowest BCUT2D eigenvalue weighted by Gasteiger charge is -2.05. The Labute approximate surface area is 128 Å². The van der Waals surface area contributed by atoms with Gasteiger partial charge in [0.2, 0.25) is 0 Å². The summed E-state index contributed by atoms with van der Waals surface area (Å²) in [5.41, 5.74) is 6.64. The second-order valence-electron chi connectivity index (χ2n) is 4.09. The highest BCUT2D eigenvalue weighted by molar-refractivity contribution is 7.99. The van der Waals surface area contributed by atoms with E-state index in [9.17, 15) is 4.79 Å². The third-order valence-corrected chi connectivity index (χ3v) is 4.71. The van der Waals surface area contributed by atoms with Crippen molar-refractivity contribution in [2.45, 2.75) is 25.2 Å². The topological polar surface area (TPSA) is 76.4 Å². The first kappa shape index (κ1) is 17.1. The Kier molecular flexibility index (Phi) is 7.79. The van der Waals surface area contributed by atoms with E-state index >= 15 is 0 Å². The summed E-state index contributed by atoms with van der Waals surface area (Å²) >= 11 is 2.95. The summed E-state index contributed by atoms with van der Waals surface area (Å²) in [6.07, 6.45) is 2.87. The van der Waals surface area contributed by atoms with E-state index in [1.165, 1.54) is 11.3 Å². The first-order chi connectivity index (χ1) is 9.65. The number of thiophene rings is 1. The van der Waals surface area contributed by atoms with Gasteiger partial charge in [-0.1, -0.05) is 6.92 Å². The summed E-state index contributed by atoms with van der Waals surface area (Å²) in [5, 5.41) is 7.09. The SMILES string of the molecule is CCCNC(=O)c1sc(NCCOCC)c(SC)c1N. The average Bonchev–Trinajstić information content (AvgIpc) is 2.77. The van der Waals surface area contributed by atoms with E-state index in [0.29, 0.717) is 36.9 Å². The molecule has 0 bridgehead atoms. The van der Waals surface area contributed by atoms with Crippen LogP contribution in [0.2, 0.25) is 0 Å². The summed E-state index contributed by atoms with van der Waals surface area (Å²) in [7, 11) is 0. The Balaban J connectivity index is 2.77. The van der Waals surface area contributed by atoms with Crippen molar-refractivity contribution in [3.05, 3.63) is 4.88 Å². The van der Waals surface area contributed by atoms with Gasteiger partial charge in [0.25, 0.3) is 5.91 Å². The van der Waals surface area contributed by atoms with E-state index in [1.54, 1.807) is 11.8 Å². The van der Waals surface area contributed by atoms with Crippen LogP contribution >= 0.6 is 23.1 Å². The lowest BCUT2D eigenvalue weighted by atomic mass is 10.3. The lowest BCUT2D eigenvalue weighted by Crippen LogP contribution is -2.23. The molecular weight excluding hydrogens is 294 g/mol. The second-order valence-corrected chi connectivity index (χ2v) is 5.92. The molecule has 0 aromatic carbocycles. The molecule has 0 spiro atoms. The number of ether oxygens (including phenoxy) is 1. The molecule has 0 saturated heterocycles. The highest BCUT2D eigenvalue weighted by atomic mass is 32.2. The number of nitrogens with two attached hydrogens (primary N) is 1. The summed E-state index contributed by atoms with van der Waals surface area (Å²) in [6.45, 7) is 6.70. The molecule has 7 heteroatoms. The molecule has 114 valence electrons. The van der Waals surface area contributed by atoms with E-state index in [1.807, 2.05) is 20.1 Å². The highest BCUT2D eigenvalue weighted by Crippen LogP contribution is 2.41. The van der Waals surface area contributed by atoms with E-state index in [0.717, 1.165) is 16.3 Å². The first-order valence-corrected chi connectivity index (χ1v) is 8.75. The average molecular weight is 317 g/mol. The normalized spacial score (nSPS) is 10.6. The van der Waals surface area contributed by atoms with Crippen LogP contribution in [-0.2, 0) is 4.74 Å². The standard InChI is InChI=1S/C13H23N3O2S2/c1-4-6-15-12(17)10-9(14)11(19-3)13(20-10)16-7-8-18-5-2/h16H,4-8,14H2,1-3H3,(H,15,17). The molecule has 4 N–H and O–H groups in total. The largest absolute Gasteiger partial charge is 0.396 e. The third-order valence-electron chi connectivity index (χ3n) is 2.58. The van der Waals surface area contributed by atoms with Gasteiger partial charge in [-0.2, -0.15) is 0 Å². The van der Waals surface area contributed by atoms with Crippen molar-refractivity contribution in [3.8, 4) is 0 Å². The minimum Gasteiger partial charge on any atom is -0.396 e. The van der Waals surface area contributed by atoms with Crippen molar-refractivity contribution in [2.24, 2.45) is 0 Å². The minimum atomic E-state index is -0.0949. The second kappa shape index (κ2) is 9.10. The van der Waals surface area contributed by atoms with Gasteiger partial charge in [0.05, 0.1) is 17.2 Å². The monoisotopic (exact) mass is 317 g/mol. The molecule has 1 heterocycles. The molecule has 1 aromatic heterocycles. The number of hydrogen-bond acceptors (Lipinski definition) is 6. The Bertz CT molecular complexity index is 435. The molecule has 0 saturated carbocycles. The van der Waals surface area contributed by atoms with E-state index in [2.05, 4.69) is 10.6 Å². The molecule has 0 atom stereocenters. The summed E-state index contributed by atoms with van der Waals surface area (Å²) in [6, 6.07) is 0. The maximum absolute atomic E-state index is 12.0. The molecule has 1 amide bonds. The van der Waals surface area contributed by atoms with Gasteiger partial charge in [0.15, 0.2) is 0 Å². The Morgan fingerprint density at radius 3 is 2.75 bits per heavy atom. The number of carbonyl (C=O) groups excluding carboxylic acids is 1. The zero-order valence-corrected chi connectivity index (χ0v) is 13.9. The number of nitrogens with one attached hydrogen (secondary N) is 2. The van der Waals surface area contributed by atoms with Gasteiger partial charge in [-0.3, -0.25) is 4.79 Å². The number of carbonyl (C=O) groups is 1. The van der Waals surface area contributed by atoms with Crippen LogP contribution in [0.4, 0.5) is 10.7 Å². The molecule has 0 aliphatic carbocycles. The predicted molar refractivity (Wildman–Crippen MR) is 88.1 cm³/mol. The first-order valence-electron chi connectivity index (χ1n) is 6.71. The summed E-state index contributed by atoms with van der Waals surface area (Å²) in [5.74, 6) is -0.0949. The molecule has 0 aliphatic heterocycles. The smallest absolute Gasteiger partial charge is 0.263 e. The van der Waals surface area contributed by atoms with E-state index in [4.69, 9.17) is 10.5 Å². The van der Waals surface area contributed by atoms with Crippen molar-refractivity contribution in [3.63, 3.8) is 0 Å². The third kappa shape index (κ3) is 4.57. The molecule has 20 heavy (non-hydrogen) atoms. The number of anilines is 2. The van der Waals surface area contributed by atoms with Gasteiger partial charge in [-0.15, -0.1) is 23.1 Å².